The number of amides is 3. The maximum absolute atomic E-state index is 11.8. The Kier molecular flexibility index (Phi) is 4.47. The average molecular weight is 323 g/mol. The van der Waals surface area contributed by atoms with Crippen molar-refractivity contribution in [3.8, 4) is 0 Å². The molecule has 0 aromatic carbocycles. The largest absolute Gasteiger partial charge is 0.339 e. The lowest BCUT2D eigenvalue weighted by Crippen LogP contribution is -2.38. The third-order valence-electron chi connectivity index (χ3n) is 4.00. The van der Waals surface area contributed by atoms with Crippen LogP contribution in [-0.2, 0) is 11.3 Å². The molecule has 0 bridgehead atoms. The van der Waals surface area contributed by atoms with Crippen LogP contribution in [0.5, 0.6) is 0 Å². The second-order valence-corrected chi connectivity index (χ2v) is 6.32. The predicted octanol–water partition coefficient (Wildman–Crippen LogP) is 1.55. The van der Waals surface area contributed by atoms with Gasteiger partial charge in [0.15, 0.2) is 0 Å². The van der Waals surface area contributed by atoms with Crippen LogP contribution in [0.25, 0.3) is 0 Å². The zero-order valence-corrected chi connectivity index (χ0v) is 13.0. The Morgan fingerprint density at radius 3 is 2.86 bits per heavy atom. The fraction of sp³-hybridized carbons (Fsp3) is 0.533. The van der Waals surface area contributed by atoms with Gasteiger partial charge in [0, 0.05) is 37.7 Å². The highest BCUT2D eigenvalue weighted by Crippen LogP contribution is 2.32. The van der Waals surface area contributed by atoms with Gasteiger partial charge < -0.3 is 15.5 Å². The number of carbonyl (C=O) groups is 2. The summed E-state index contributed by atoms with van der Waals surface area (Å²) >= 11 is 5.75. The molecule has 3 rings (SSSR count). The van der Waals surface area contributed by atoms with Crippen LogP contribution < -0.4 is 10.6 Å². The number of halogens is 1. The molecule has 2 aliphatic rings. The van der Waals surface area contributed by atoms with Crippen LogP contribution in [-0.4, -0.2) is 41.0 Å². The Labute approximate surface area is 134 Å². The first kappa shape index (κ1) is 15.1. The first-order valence-electron chi connectivity index (χ1n) is 7.53. The van der Waals surface area contributed by atoms with Crippen molar-refractivity contribution in [3.05, 3.63) is 29.0 Å². The average Bonchev–Trinajstić information content (AvgIpc) is 3.28. The molecule has 1 aliphatic heterocycles. The van der Waals surface area contributed by atoms with E-state index in [0.717, 1.165) is 25.1 Å². The molecule has 2 heterocycles. The molecule has 22 heavy (non-hydrogen) atoms. The third-order valence-corrected chi connectivity index (χ3v) is 4.22. The highest BCUT2D eigenvalue weighted by atomic mass is 35.5. The van der Waals surface area contributed by atoms with Crippen molar-refractivity contribution in [1.29, 1.82) is 0 Å². The number of carbonyl (C=O) groups excluding carboxylic acids is 2. The van der Waals surface area contributed by atoms with Gasteiger partial charge in [0.05, 0.1) is 17.3 Å². The Hall–Kier alpha value is -1.82. The summed E-state index contributed by atoms with van der Waals surface area (Å²) in [5, 5.41) is 6.14. The number of hydrogen-bond acceptors (Lipinski definition) is 3. The lowest BCUT2D eigenvalue weighted by molar-refractivity contribution is -0.128. The highest BCUT2D eigenvalue weighted by Gasteiger charge is 2.39. The zero-order valence-electron chi connectivity index (χ0n) is 12.2. The van der Waals surface area contributed by atoms with Gasteiger partial charge in [-0.3, -0.25) is 9.78 Å². The van der Waals surface area contributed by atoms with E-state index in [1.54, 1.807) is 18.3 Å². The van der Waals surface area contributed by atoms with E-state index in [4.69, 9.17) is 11.6 Å². The fourth-order valence-corrected chi connectivity index (χ4v) is 2.78. The topological polar surface area (TPSA) is 74.3 Å². The molecule has 1 saturated heterocycles. The second-order valence-electron chi connectivity index (χ2n) is 5.88. The van der Waals surface area contributed by atoms with Gasteiger partial charge in [-0.2, -0.15) is 0 Å². The molecule has 1 aliphatic carbocycles. The number of nitrogens with zero attached hydrogens (tertiary/aromatic N) is 2. The fourth-order valence-electron chi connectivity index (χ4n) is 2.67. The van der Waals surface area contributed by atoms with Gasteiger partial charge >= 0.3 is 6.03 Å². The molecule has 1 unspecified atom stereocenters. The molecule has 6 nitrogen and oxygen atoms in total. The number of aromatic nitrogens is 1. The number of urea groups is 1. The molecule has 118 valence electrons. The molecule has 0 spiro atoms. The molecule has 2 fully saturated rings. The summed E-state index contributed by atoms with van der Waals surface area (Å²) in [7, 11) is 0. The molecule has 2 N–H and O–H groups in total. The summed E-state index contributed by atoms with van der Waals surface area (Å²) in [6.45, 7) is 1.64. The van der Waals surface area contributed by atoms with Crippen molar-refractivity contribution in [2.75, 3.05) is 13.1 Å². The minimum absolute atomic E-state index is 0.215. The van der Waals surface area contributed by atoms with Crippen LogP contribution in [0.15, 0.2) is 18.3 Å². The molecule has 0 radical (unpaired) electrons. The van der Waals surface area contributed by atoms with Crippen LogP contribution >= 0.6 is 11.6 Å². The van der Waals surface area contributed by atoms with Gasteiger partial charge in [0.1, 0.15) is 0 Å². The van der Waals surface area contributed by atoms with E-state index in [9.17, 15) is 9.59 Å². The van der Waals surface area contributed by atoms with Crippen molar-refractivity contribution in [2.24, 2.45) is 5.92 Å². The molecular weight excluding hydrogens is 304 g/mol. The Balaban J connectivity index is 1.37. The maximum Gasteiger partial charge on any atom is 0.315 e. The first-order valence-corrected chi connectivity index (χ1v) is 7.91. The number of nitrogens with one attached hydrogen (secondary N) is 2. The van der Waals surface area contributed by atoms with Gasteiger partial charge in [-0.25, -0.2) is 4.79 Å². The Morgan fingerprint density at radius 1 is 1.36 bits per heavy atom. The first-order chi connectivity index (χ1) is 10.6. The molecular formula is C15H19ClN4O2. The van der Waals surface area contributed by atoms with E-state index in [2.05, 4.69) is 15.6 Å². The molecule has 3 amide bonds. The number of likely N-dealkylation sites (tertiary alicyclic amines) is 1. The maximum atomic E-state index is 11.8. The lowest BCUT2D eigenvalue weighted by atomic mass is 10.1. The van der Waals surface area contributed by atoms with Crippen molar-refractivity contribution in [3.63, 3.8) is 0 Å². The van der Waals surface area contributed by atoms with Gasteiger partial charge in [-0.1, -0.05) is 11.6 Å². The highest BCUT2D eigenvalue weighted by molar-refractivity contribution is 6.30. The monoisotopic (exact) mass is 322 g/mol. The summed E-state index contributed by atoms with van der Waals surface area (Å²) in [4.78, 5) is 29.7. The van der Waals surface area contributed by atoms with Crippen molar-refractivity contribution in [1.82, 2.24) is 20.5 Å². The van der Waals surface area contributed by atoms with Gasteiger partial charge in [-0.15, -0.1) is 0 Å². The normalized spacial score (nSPS) is 21.0. The van der Waals surface area contributed by atoms with Crippen LogP contribution in [0.4, 0.5) is 4.79 Å². The van der Waals surface area contributed by atoms with Crippen molar-refractivity contribution < 1.29 is 9.59 Å². The second kappa shape index (κ2) is 6.52. The summed E-state index contributed by atoms with van der Waals surface area (Å²) < 4.78 is 0. The van der Waals surface area contributed by atoms with Crippen LogP contribution in [0.1, 0.15) is 25.0 Å². The summed E-state index contributed by atoms with van der Waals surface area (Å²) in [6, 6.07) is 3.72. The minimum Gasteiger partial charge on any atom is -0.339 e. The van der Waals surface area contributed by atoms with E-state index in [0.29, 0.717) is 30.6 Å². The lowest BCUT2D eigenvalue weighted by Gasteiger charge is -2.15. The van der Waals surface area contributed by atoms with Gasteiger partial charge in [0.25, 0.3) is 0 Å². The van der Waals surface area contributed by atoms with Crippen LogP contribution in [0, 0.1) is 5.92 Å². The van der Waals surface area contributed by atoms with E-state index in [1.807, 2.05) is 4.90 Å². The quantitative estimate of drug-likeness (QED) is 0.863. The van der Waals surface area contributed by atoms with Crippen molar-refractivity contribution in [2.45, 2.75) is 31.8 Å². The molecule has 1 aromatic rings. The minimum atomic E-state index is -0.242. The van der Waals surface area contributed by atoms with Crippen LogP contribution in [0.2, 0.25) is 5.02 Å². The van der Waals surface area contributed by atoms with E-state index >= 15 is 0 Å². The van der Waals surface area contributed by atoms with E-state index in [-0.39, 0.29) is 17.9 Å². The number of pyridine rings is 1. The zero-order chi connectivity index (χ0) is 15.5. The SMILES string of the molecule is O=C(NCc1ccc(Cl)cn1)NCC1CC(=O)N(C2CC2)C1. The molecule has 1 aromatic heterocycles. The predicted molar refractivity (Wildman–Crippen MR) is 82.3 cm³/mol. The number of hydrogen-bond donors (Lipinski definition) is 2. The molecule has 7 heteroatoms. The third kappa shape index (κ3) is 3.88. The smallest absolute Gasteiger partial charge is 0.315 e. The van der Waals surface area contributed by atoms with Gasteiger partial charge in [-0.05, 0) is 25.0 Å². The Morgan fingerprint density at radius 2 is 2.18 bits per heavy atom. The van der Waals surface area contributed by atoms with Gasteiger partial charge in [0.2, 0.25) is 5.91 Å². The Bertz CT molecular complexity index is 559. The number of rotatable bonds is 5. The molecule has 1 saturated carbocycles. The van der Waals surface area contributed by atoms with Crippen molar-refractivity contribution >= 4 is 23.5 Å². The molecule has 1 atom stereocenters. The van der Waals surface area contributed by atoms with E-state index in [1.165, 1.54) is 0 Å². The van der Waals surface area contributed by atoms with E-state index < -0.39 is 0 Å². The summed E-state index contributed by atoms with van der Waals surface area (Å²) in [5.74, 6) is 0.438. The summed E-state index contributed by atoms with van der Waals surface area (Å²) in [5.41, 5.74) is 0.746. The van der Waals surface area contributed by atoms with Crippen LogP contribution in [0.3, 0.4) is 0 Å². The standard InChI is InChI=1S/C15H19ClN4O2/c16-11-1-2-12(17-7-11)8-19-15(22)18-6-10-5-14(21)20(9-10)13-3-4-13/h1-2,7,10,13H,3-6,8-9H2,(H2,18,19,22). The summed E-state index contributed by atoms with van der Waals surface area (Å²) in [6.07, 6.45) is 4.34.